The molecule has 5 rings (SSSR count). The Kier molecular flexibility index (Phi) is 6.98. The van der Waals surface area contributed by atoms with Crippen molar-refractivity contribution in [1.82, 2.24) is 30.0 Å². The van der Waals surface area contributed by atoms with Gasteiger partial charge >= 0.3 is 0 Å². The van der Waals surface area contributed by atoms with Crippen molar-refractivity contribution in [2.75, 3.05) is 32.8 Å². The van der Waals surface area contributed by atoms with E-state index in [4.69, 9.17) is 4.74 Å². The van der Waals surface area contributed by atoms with Crippen molar-refractivity contribution < 1.29 is 4.74 Å². The Morgan fingerprint density at radius 1 is 0.939 bits per heavy atom. The number of nitrogens with zero attached hydrogens (tertiary/aromatic N) is 6. The molecule has 0 unspecified atom stereocenters. The monoisotopic (exact) mass is 446 g/mol. The third-order valence-electron chi connectivity index (χ3n) is 6.96. The number of ether oxygens (including phenoxy) is 1. The first-order valence-corrected chi connectivity index (χ1v) is 12.3. The molecule has 1 aromatic heterocycles. The largest absolute Gasteiger partial charge is 0.494 e. The summed E-state index contributed by atoms with van der Waals surface area (Å²) in [6, 6.07) is 19.7. The highest BCUT2D eigenvalue weighted by molar-refractivity contribution is 5.32. The van der Waals surface area contributed by atoms with Gasteiger partial charge in [-0.05, 0) is 53.5 Å². The number of hydrogen-bond acceptors (Lipinski definition) is 6. The van der Waals surface area contributed by atoms with Gasteiger partial charge in [0.25, 0.3) is 0 Å². The first-order chi connectivity index (χ1) is 16.3. The van der Waals surface area contributed by atoms with Crippen LogP contribution in [0.25, 0.3) is 0 Å². The van der Waals surface area contributed by atoms with E-state index < -0.39 is 0 Å². The molecule has 174 valence electrons. The van der Waals surface area contributed by atoms with Gasteiger partial charge in [0.15, 0.2) is 5.82 Å². The molecule has 7 nitrogen and oxygen atoms in total. The van der Waals surface area contributed by atoms with E-state index in [1.165, 1.54) is 36.8 Å². The fraction of sp³-hybridized carbons (Fsp3) is 0.500. The second-order valence-corrected chi connectivity index (χ2v) is 9.12. The summed E-state index contributed by atoms with van der Waals surface area (Å²) in [7, 11) is 0. The Bertz CT molecular complexity index is 991. The predicted octanol–water partition coefficient (Wildman–Crippen LogP) is 4.09. The summed E-state index contributed by atoms with van der Waals surface area (Å²) < 4.78 is 7.80. The van der Waals surface area contributed by atoms with Crippen molar-refractivity contribution in [3.8, 4) is 5.75 Å². The standard InChI is InChI=1S/C26H34N6O/c1-2-33-24-14-12-22(13-15-24)25(26-27-28-29-32(26)23-10-6-7-11-23)31-18-16-30(17-19-31)20-21-8-4-3-5-9-21/h3-5,8-9,12-15,23,25H,2,6-7,10-11,16-20H2,1H3/t25-/m1/s1. The van der Waals surface area contributed by atoms with Gasteiger partial charge in [0.05, 0.1) is 18.7 Å². The zero-order chi connectivity index (χ0) is 22.5. The molecule has 1 aliphatic carbocycles. The number of rotatable bonds is 8. The van der Waals surface area contributed by atoms with Crippen LogP contribution in [0.1, 0.15) is 61.6 Å². The fourth-order valence-corrected chi connectivity index (χ4v) is 5.25. The third-order valence-corrected chi connectivity index (χ3v) is 6.96. The molecule has 33 heavy (non-hydrogen) atoms. The quantitative estimate of drug-likeness (QED) is 0.519. The van der Waals surface area contributed by atoms with E-state index in [0.717, 1.165) is 44.3 Å². The maximum atomic E-state index is 5.69. The van der Waals surface area contributed by atoms with Crippen LogP contribution in [0.15, 0.2) is 54.6 Å². The van der Waals surface area contributed by atoms with Crippen molar-refractivity contribution >= 4 is 0 Å². The van der Waals surface area contributed by atoms with Gasteiger partial charge in [-0.3, -0.25) is 9.80 Å². The van der Waals surface area contributed by atoms with Gasteiger partial charge < -0.3 is 4.74 Å². The fourth-order valence-electron chi connectivity index (χ4n) is 5.25. The summed E-state index contributed by atoms with van der Waals surface area (Å²) in [5, 5.41) is 13.2. The van der Waals surface area contributed by atoms with Crippen LogP contribution in [-0.2, 0) is 6.54 Å². The Morgan fingerprint density at radius 3 is 2.36 bits per heavy atom. The summed E-state index contributed by atoms with van der Waals surface area (Å²) >= 11 is 0. The number of hydrogen-bond donors (Lipinski definition) is 0. The van der Waals surface area contributed by atoms with E-state index in [1.807, 2.05) is 6.92 Å². The highest BCUT2D eigenvalue weighted by atomic mass is 16.5. The van der Waals surface area contributed by atoms with Crippen molar-refractivity contribution in [3.05, 3.63) is 71.5 Å². The molecule has 1 saturated heterocycles. The molecule has 0 N–H and O–H groups in total. The Balaban J connectivity index is 1.37. The zero-order valence-electron chi connectivity index (χ0n) is 19.5. The molecule has 2 aromatic carbocycles. The second-order valence-electron chi connectivity index (χ2n) is 9.12. The second kappa shape index (κ2) is 10.4. The molecule has 7 heteroatoms. The Labute approximate surface area is 196 Å². The van der Waals surface area contributed by atoms with Crippen LogP contribution in [-0.4, -0.2) is 62.8 Å². The Morgan fingerprint density at radius 2 is 1.67 bits per heavy atom. The third kappa shape index (κ3) is 5.09. The highest BCUT2D eigenvalue weighted by Crippen LogP contribution is 2.35. The molecule has 1 saturated carbocycles. The molecule has 1 atom stereocenters. The van der Waals surface area contributed by atoms with Crippen molar-refractivity contribution in [2.45, 2.75) is 51.2 Å². The Hall–Kier alpha value is -2.77. The van der Waals surface area contributed by atoms with Crippen LogP contribution in [0, 0.1) is 0 Å². The lowest BCUT2D eigenvalue weighted by molar-refractivity contribution is 0.0993. The molecule has 0 bridgehead atoms. The maximum Gasteiger partial charge on any atom is 0.173 e. The topological polar surface area (TPSA) is 59.3 Å². The van der Waals surface area contributed by atoms with Gasteiger partial charge in [0.2, 0.25) is 0 Å². The summed E-state index contributed by atoms with van der Waals surface area (Å²) in [4.78, 5) is 5.09. The van der Waals surface area contributed by atoms with Crippen LogP contribution in [0.5, 0.6) is 5.75 Å². The molecular weight excluding hydrogens is 412 g/mol. The minimum Gasteiger partial charge on any atom is -0.494 e. The highest BCUT2D eigenvalue weighted by Gasteiger charge is 2.33. The van der Waals surface area contributed by atoms with Crippen molar-refractivity contribution in [3.63, 3.8) is 0 Å². The van der Waals surface area contributed by atoms with E-state index in [0.29, 0.717) is 12.6 Å². The molecule has 0 radical (unpaired) electrons. The average Bonchev–Trinajstić information content (AvgIpc) is 3.55. The minimum atomic E-state index is 0.0511. The first-order valence-electron chi connectivity index (χ1n) is 12.3. The number of aromatic nitrogens is 4. The number of tetrazole rings is 1. The van der Waals surface area contributed by atoms with Crippen LogP contribution < -0.4 is 4.74 Å². The molecule has 2 fully saturated rings. The van der Waals surface area contributed by atoms with Gasteiger partial charge in [-0.15, -0.1) is 5.10 Å². The van der Waals surface area contributed by atoms with Gasteiger partial charge in [-0.25, -0.2) is 4.68 Å². The minimum absolute atomic E-state index is 0.0511. The van der Waals surface area contributed by atoms with Gasteiger partial charge in [-0.1, -0.05) is 55.3 Å². The van der Waals surface area contributed by atoms with Crippen molar-refractivity contribution in [2.24, 2.45) is 0 Å². The summed E-state index contributed by atoms with van der Waals surface area (Å²) in [6.45, 7) is 7.74. The molecular formula is C26H34N6O. The molecule has 2 aliphatic rings. The van der Waals surface area contributed by atoms with E-state index in [1.54, 1.807) is 0 Å². The molecule has 0 amide bonds. The average molecular weight is 447 g/mol. The van der Waals surface area contributed by atoms with Crippen molar-refractivity contribution in [1.29, 1.82) is 0 Å². The lowest BCUT2D eigenvalue weighted by atomic mass is 10.0. The molecule has 2 heterocycles. The SMILES string of the molecule is CCOc1ccc([C@H](c2nnnn2C2CCCC2)N2CCN(Cc3ccccc3)CC2)cc1. The maximum absolute atomic E-state index is 5.69. The smallest absolute Gasteiger partial charge is 0.173 e. The normalized spacial score (nSPS) is 19.1. The lowest BCUT2D eigenvalue weighted by Crippen LogP contribution is -2.48. The van der Waals surface area contributed by atoms with Crippen LogP contribution in [0.2, 0.25) is 0 Å². The summed E-state index contributed by atoms with van der Waals surface area (Å²) in [6.07, 6.45) is 4.85. The summed E-state index contributed by atoms with van der Waals surface area (Å²) in [5.74, 6) is 1.88. The predicted molar refractivity (Wildman–Crippen MR) is 128 cm³/mol. The van der Waals surface area contributed by atoms with E-state index in [9.17, 15) is 0 Å². The van der Waals surface area contributed by atoms with E-state index in [-0.39, 0.29) is 6.04 Å². The van der Waals surface area contributed by atoms with Gasteiger partial charge in [0.1, 0.15) is 5.75 Å². The number of piperazine rings is 1. The zero-order valence-corrected chi connectivity index (χ0v) is 19.5. The van der Waals surface area contributed by atoms with Gasteiger partial charge in [-0.2, -0.15) is 0 Å². The van der Waals surface area contributed by atoms with Crippen LogP contribution >= 0.6 is 0 Å². The number of benzene rings is 2. The van der Waals surface area contributed by atoms with E-state index in [2.05, 4.69) is 84.6 Å². The molecule has 1 aliphatic heterocycles. The lowest BCUT2D eigenvalue weighted by Gasteiger charge is -2.39. The first kappa shape index (κ1) is 22.0. The van der Waals surface area contributed by atoms with Crippen LogP contribution in [0.4, 0.5) is 0 Å². The molecule has 3 aromatic rings. The summed E-state index contributed by atoms with van der Waals surface area (Å²) in [5.41, 5.74) is 2.60. The molecule has 0 spiro atoms. The van der Waals surface area contributed by atoms with Crippen LogP contribution in [0.3, 0.4) is 0 Å². The van der Waals surface area contributed by atoms with Gasteiger partial charge in [0, 0.05) is 32.7 Å². The van der Waals surface area contributed by atoms with E-state index >= 15 is 0 Å².